The van der Waals surface area contributed by atoms with Gasteiger partial charge in [0.2, 0.25) is 0 Å². The molecule has 0 atom stereocenters. The van der Waals surface area contributed by atoms with Gasteiger partial charge in [-0.1, -0.05) is 11.8 Å². The van der Waals surface area contributed by atoms with Gasteiger partial charge in [0.15, 0.2) is 5.17 Å². The minimum Gasteiger partial charge on any atom is -0.494 e. The lowest BCUT2D eigenvalue weighted by atomic mass is 10.3. The van der Waals surface area contributed by atoms with Crippen LogP contribution in [0, 0.1) is 0 Å². The van der Waals surface area contributed by atoms with Crippen molar-refractivity contribution in [3.63, 3.8) is 0 Å². The van der Waals surface area contributed by atoms with E-state index >= 15 is 0 Å². The van der Waals surface area contributed by atoms with Crippen molar-refractivity contribution < 1.29 is 9.53 Å². The lowest BCUT2D eigenvalue weighted by Crippen LogP contribution is -2.31. The molecular weight excluding hydrogens is 250 g/mol. The van der Waals surface area contributed by atoms with Gasteiger partial charge in [-0.15, -0.1) is 0 Å². The SMILES string of the molecule is CCOc1ccc(NC(=O)NC2=NCCS2)cc1. The fourth-order valence-electron chi connectivity index (χ4n) is 1.47. The second-order valence-corrected chi connectivity index (χ2v) is 4.66. The van der Waals surface area contributed by atoms with Gasteiger partial charge in [0.05, 0.1) is 13.2 Å². The molecule has 18 heavy (non-hydrogen) atoms. The van der Waals surface area contributed by atoms with E-state index in [-0.39, 0.29) is 6.03 Å². The number of anilines is 1. The molecule has 1 aliphatic heterocycles. The van der Waals surface area contributed by atoms with Gasteiger partial charge in [-0.3, -0.25) is 10.3 Å². The zero-order valence-electron chi connectivity index (χ0n) is 10.1. The molecule has 2 amide bonds. The molecule has 5 nitrogen and oxygen atoms in total. The Balaban J connectivity index is 1.86. The number of amidine groups is 1. The number of carbonyl (C=O) groups is 1. The molecule has 0 fully saturated rings. The van der Waals surface area contributed by atoms with Crippen LogP contribution >= 0.6 is 11.8 Å². The Morgan fingerprint density at radius 3 is 2.78 bits per heavy atom. The number of thioether (sulfide) groups is 1. The maximum Gasteiger partial charge on any atom is 0.325 e. The fourth-order valence-corrected chi connectivity index (χ4v) is 2.19. The molecule has 0 unspecified atom stereocenters. The van der Waals surface area contributed by atoms with Crippen molar-refractivity contribution in [3.05, 3.63) is 24.3 Å². The minimum atomic E-state index is -0.271. The third kappa shape index (κ3) is 3.66. The first-order valence-corrected chi connectivity index (χ1v) is 6.74. The molecule has 1 heterocycles. The van der Waals surface area contributed by atoms with Crippen molar-refractivity contribution in [1.29, 1.82) is 0 Å². The summed E-state index contributed by atoms with van der Waals surface area (Å²) in [6.45, 7) is 3.33. The van der Waals surface area contributed by atoms with Gasteiger partial charge in [-0.2, -0.15) is 0 Å². The first-order valence-electron chi connectivity index (χ1n) is 5.76. The number of benzene rings is 1. The topological polar surface area (TPSA) is 62.7 Å². The molecule has 96 valence electrons. The maximum atomic E-state index is 11.6. The summed E-state index contributed by atoms with van der Waals surface area (Å²) in [5.41, 5.74) is 0.722. The normalized spacial score (nSPS) is 13.9. The van der Waals surface area contributed by atoms with Gasteiger partial charge in [0, 0.05) is 11.4 Å². The van der Waals surface area contributed by atoms with Crippen molar-refractivity contribution in [2.24, 2.45) is 4.99 Å². The number of rotatable bonds is 3. The molecule has 6 heteroatoms. The quantitative estimate of drug-likeness (QED) is 0.881. The predicted molar refractivity (Wildman–Crippen MR) is 74.5 cm³/mol. The Morgan fingerprint density at radius 1 is 1.39 bits per heavy atom. The van der Waals surface area contributed by atoms with Crippen molar-refractivity contribution >= 4 is 28.6 Å². The number of urea groups is 1. The monoisotopic (exact) mass is 265 g/mol. The van der Waals surface area contributed by atoms with Crippen molar-refractivity contribution in [2.45, 2.75) is 6.92 Å². The largest absolute Gasteiger partial charge is 0.494 e. The highest BCUT2D eigenvalue weighted by molar-refractivity contribution is 8.14. The van der Waals surface area contributed by atoms with Gasteiger partial charge in [-0.05, 0) is 31.2 Å². The number of nitrogens with zero attached hydrogens (tertiary/aromatic N) is 1. The third-order valence-corrected chi connectivity index (χ3v) is 3.12. The summed E-state index contributed by atoms with van der Waals surface area (Å²) in [6.07, 6.45) is 0. The molecule has 1 aromatic carbocycles. The Labute approximate surface area is 110 Å². The molecular formula is C12H15N3O2S. The van der Waals surface area contributed by atoms with Crippen LogP contribution in [0.1, 0.15) is 6.92 Å². The lowest BCUT2D eigenvalue weighted by Gasteiger charge is -2.08. The molecule has 2 rings (SSSR count). The summed E-state index contributed by atoms with van der Waals surface area (Å²) in [5, 5.41) is 6.12. The molecule has 0 saturated heterocycles. The average molecular weight is 265 g/mol. The van der Waals surface area contributed by atoms with E-state index in [1.807, 2.05) is 19.1 Å². The molecule has 1 aromatic rings. The lowest BCUT2D eigenvalue weighted by molar-refractivity contribution is 0.256. The van der Waals surface area contributed by atoms with E-state index in [0.717, 1.165) is 23.7 Å². The first kappa shape index (κ1) is 12.8. The van der Waals surface area contributed by atoms with Crippen LogP contribution < -0.4 is 15.4 Å². The van der Waals surface area contributed by atoms with E-state index in [9.17, 15) is 4.79 Å². The number of hydrogen-bond donors (Lipinski definition) is 2. The second-order valence-electron chi connectivity index (χ2n) is 3.57. The summed E-state index contributed by atoms with van der Waals surface area (Å²) >= 11 is 1.55. The smallest absolute Gasteiger partial charge is 0.325 e. The minimum absolute atomic E-state index is 0.271. The van der Waals surface area contributed by atoms with Crippen molar-refractivity contribution in [3.8, 4) is 5.75 Å². The first-order chi connectivity index (χ1) is 8.78. The van der Waals surface area contributed by atoms with Crippen molar-refractivity contribution in [1.82, 2.24) is 5.32 Å². The number of amides is 2. The standard InChI is InChI=1S/C12H15N3O2S/c1-2-17-10-5-3-9(4-6-10)14-11(16)15-12-13-7-8-18-12/h3-6H,2,7-8H2,1H3,(H2,13,14,15,16). The van der Waals surface area contributed by atoms with Crippen LogP contribution in [-0.4, -0.2) is 30.1 Å². The van der Waals surface area contributed by atoms with Crippen LogP contribution in [0.25, 0.3) is 0 Å². The number of aliphatic imine (C=N–C) groups is 1. The van der Waals surface area contributed by atoms with E-state index in [2.05, 4.69) is 15.6 Å². The predicted octanol–water partition coefficient (Wildman–Crippen LogP) is 2.31. The summed E-state index contributed by atoms with van der Waals surface area (Å²) in [4.78, 5) is 15.8. The molecule has 1 aliphatic rings. The fraction of sp³-hybridized carbons (Fsp3) is 0.333. The van der Waals surface area contributed by atoms with E-state index in [1.165, 1.54) is 0 Å². The van der Waals surface area contributed by atoms with Crippen LogP contribution in [0.15, 0.2) is 29.3 Å². The number of carbonyl (C=O) groups excluding carboxylic acids is 1. The summed E-state index contributed by atoms with van der Waals surface area (Å²) in [6, 6.07) is 6.97. The van der Waals surface area contributed by atoms with E-state index in [0.29, 0.717) is 11.8 Å². The molecule has 0 bridgehead atoms. The molecule has 0 radical (unpaired) electrons. The van der Waals surface area contributed by atoms with Crippen LogP contribution in [0.3, 0.4) is 0 Å². The second kappa shape index (κ2) is 6.30. The highest BCUT2D eigenvalue weighted by atomic mass is 32.2. The molecule has 0 saturated carbocycles. The Morgan fingerprint density at radius 2 is 2.17 bits per heavy atom. The van der Waals surface area contributed by atoms with Crippen LogP contribution in [0.4, 0.5) is 10.5 Å². The number of nitrogens with one attached hydrogen (secondary N) is 2. The van der Waals surface area contributed by atoms with Gasteiger partial charge >= 0.3 is 6.03 Å². The average Bonchev–Trinajstić information content (AvgIpc) is 2.84. The highest BCUT2D eigenvalue weighted by Crippen LogP contribution is 2.15. The van der Waals surface area contributed by atoms with Gasteiger partial charge in [-0.25, -0.2) is 4.79 Å². The van der Waals surface area contributed by atoms with Gasteiger partial charge in [0.25, 0.3) is 0 Å². The van der Waals surface area contributed by atoms with Crippen molar-refractivity contribution in [2.75, 3.05) is 24.2 Å². The van der Waals surface area contributed by atoms with E-state index in [4.69, 9.17) is 4.74 Å². The maximum absolute atomic E-state index is 11.6. The summed E-state index contributed by atoms with van der Waals surface area (Å²) in [5.74, 6) is 1.72. The molecule has 0 aromatic heterocycles. The van der Waals surface area contributed by atoms with Crippen LogP contribution in [-0.2, 0) is 0 Å². The number of hydrogen-bond acceptors (Lipinski definition) is 4. The van der Waals surface area contributed by atoms with Crippen LogP contribution in [0.2, 0.25) is 0 Å². The molecule has 0 aliphatic carbocycles. The highest BCUT2D eigenvalue weighted by Gasteiger charge is 2.10. The van der Waals surface area contributed by atoms with Crippen LogP contribution in [0.5, 0.6) is 5.75 Å². The molecule has 0 spiro atoms. The zero-order valence-corrected chi connectivity index (χ0v) is 10.9. The van der Waals surface area contributed by atoms with E-state index in [1.54, 1.807) is 23.9 Å². The van der Waals surface area contributed by atoms with Gasteiger partial charge in [0.1, 0.15) is 5.75 Å². The zero-order chi connectivity index (χ0) is 12.8. The van der Waals surface area contributed by atoms with E-state index < -0.39 is 0 Å². The Hall–Kier alpha value is -1.69. The van der Waals surface area contributed by atoms with Gasteiger partial charge < -0.3 is 10.1 Å². The Bertz CT molecular complexity index is 445. The summed E-state index contributed by atoms with van der Waals surface area (Å²) < 4.78 is 5.32. The summed E-state index contributed by atoms with van der Waals surface area (Å²) in [7, 11) is 0. The number of ether oxygens (including phenoxy) is 1. The Kier molecular flexibility index (Phi) is 4.46. The molecule has 2 N–H and O–H groups in total. The third-order valence-electron chi connectivity index (χ3n) is 2.23.